The molecule has 8 nitrogen and oxygen atoms in total. The van der Waals surface area contributed by atoms with E-state index in [0.717, 1.165) is 21.7 Å². The number of methoxy groups -OCH3 is 1. The molecule has 0 aromatic heterocycles. The van der Waals surface area contributed by atoms with Gasteiger partial charge in [-0.1, -0.05) is 35.9 Å². The zero-order chi connectivity index (χ0) is 24.8. The molecule has 0 saturated carbocycles. The second kappa shape index (κ2) is 11.4. The molecule has 0 unspecified atom stereocenters. The average Bonchev–Trinajstić information content (AvgIpc) is 2.75. The van der Waals surface area contributed by atoms with Gasteiger partial charge in [0.05, 0.1) is 19.1 Å². The van der Waals surface area contributed by atoms with Gasteiger partial charge in [0.2, 0.25) is 21.8 Å². The van der Waals surface area contributed by atoms with Gasteiger partial charge in [-0.25, -0.2) is 8.42 Å². The van der Waals surface area contributed by atoms with Gasteiger partial charge in [-0.15, -0.1) is 0 Å². The van der Waals surface area contributed by atoms with Gasteiger partial charge >= 0.3 is 0 Å². The average molecular weight is 496 g/mol. The van der Waals surface area contributed by atoms with Crippen LogP contribution in [-0.2, 0) is 26.2 Å². The number of hydrogen-bond donors (Lipinski definition) is 1. The summed E-state index contributed by atoms with van der Waals surface area (Å²) in [6.45, 7) is 5.35. The van der Waals surface area contributed by atoms with Gasteiger partial charge in [0.1, 0.15) is 18.3 Å². The molecular weight excluding hydrogens is 466 g/mol. The molecule has 2 rings (SSSR count). The molecule has 0 spiro atoms. The molecule has 0 heterocycles. The highest BCUT2D eigenvalue weighted by Gasteiger charge is 2.31. The molecule has 0 aliphatic heterocycles. The Bertz CT molecular complexity index is 1110. The zero-order valence-corrected chi connectivity index (χ0v) is 21.0. The third-order valence-electron chi connectivity index (χ3n) is 5.21. The monoisotopic (exact) mass is 495 g/mol. The number of amides is 2. The number of anilines is 1. The predicted octanol–water partition coefficient (Wildman–Crippen LogP) is 2.98. The molecule has 0 aliphatic carbocycles. The molecule has 0 radical (unpaired) electrons. The number of nitrogens with zero attached hydrogens (tertiary/aromatic N) is 2. The molecule has 0 aliphatic rings. The Hall–Kier alpha value is -2.78. The van der Waals surface area contributed by atoms with E-state index >= 15 is 0 Å². The van der Waals surface area contributed by atoms with Crippen LogP contribution in [0.2, 0.25) is 5.02 Å². The van der Waals surface area contributed by atoms with Crippen LogP contribution >= 0.6 is 11.6 Å². The molecule has 1 N–H and O–H groups in total. The summed E-state index contributed by atoms with van der Waals surface area (Å²) in [4.78, 5) is 27.5. The summed E-state index contributed by atoms with van der Waals surface area (Å²) in [7, 11) is -2.49. The van der Waals surface area contributed by atoms with Crippen LogP contribution in [0.25, 0.3) is 0 Å². The SMILES string of the molecule is CCNC(=O)[C@@H](C)N(Cc1ccccc1C)C(=O)CN(c1cc(Cl)ccc1OC)S(C)(=O)=O. The Labute approximate surface area is 200 Å². The lowest BCUT2D eigenvalue weighted by Gasteiger charge is -2.32. The van der Waals surface area contributed by atoms with Gasteiger partial charge in [0, 0.05) is 18.1 Å². The Morgan fingerprint density at radius 1 is 1.18 bits per heavy atom. The number of carbonyl (C=O) groups excluding carboxylic acids is 2. The maximum atomic E-state index is 13.5. The second-order valence-corrected chi connectivity index (χ2v) is 9.95. The molecule has 10 heteroatoms. The van der Waals surface area contributed by atoms with E-state index in [-0.39, 0.29) is 23.9 Å². The molecule has 2 aromatic carbocycles. The Kier molecular flexibility index (Phi) is 9.13. The van der Waals surface area contributed by atoms with Crippen molar-refractivity contribution in [1.29, 1.82) is 0 Å². The van der Waals surface area contributed by atoms with E-state index in [2.05, 4.69) is 5.32 Å². The normalized spacial score (nSPS) is 12.1. The number of rotatable bonds is 10. The smallest absolute Gasteiger partial charge is 0.244 e. The number of benzene rings is 2. The number of hydrogen-bond acceptors (Lipinski definition) is 5. The van der Waals surface area contributed by atoms with Crippen molar-refractivity contribution in [2.45, 2.75) is 33.4 Å². The highest BCUT2D eigenvalue weighted by molar-refractivity contribution is 7.92. The quantitative estimate of drug-likeness (QED) is 0.546. The van der Waals surface area contributed by atoms with Crippen LogP contribution in [0.1, 0.15) is 25.0 Å². The van der Waals surface area contributed by atoms with Crippen LogP contribution in [0.15, 0.2) is 42.5 Å². The molecule has 180 valence electrons. The van der Waals surface area contributed by atoms with Crippen molar-refractivity contribution in [2.24, 2.45) is 0 Å². The summed E-state index contributed by atoms with van der Waals surface area (Å²) in [5.74, 6) is -0.616. The van der Waals surface area contributed by atoms with E-state index in [4.69, 9.17) is 16.3 Å². The highest BCUT2D eigenvalue weighted by Crippen LogP contribution is 2.33. The summed E-state index contributed by atoms with van der Waals surface area (Å²) in [5.41, 5.74) is 1.95. The Morgan fingerprint density at radius 3 is 2.42 bits per heavy atom. The molecule has 33 heavy (non-hydrogen) atoms. The lowest BCUT2D eigenvalue weighted by molar-refractivity contribution is -0.139. The number of carbonyl (C=O) groups is 2. The van der Waals surface area contributed by atoms with Gasteiger partial charge in [-0.3, -0.25) is 13.9 Å². The lowest BCUT2D eigenvalue weighted by Crippen LogP contribution is -2.51. The van der Waals surface area contributed by atoms with Gasteiger partial charge in [-0.2, -0.15) is 0 Å². The number of nitrogens with one attached hydrogen (secondary N) is 1. The third-order valence-corrected chi connectivity index (χ3v) is 6.57. The van der Waals surface area contributed by atoms with Crippen LogP contribution in [0.5, 0.6) is 5.75 Å². The van der Waals surface area contributed by atoms with Crippen molar-refractivity contribution >= 4 is 39.1 Å². The van der Waals surface area contributed by atoms with Crippen molar-refractivity contribution in [3.05, 3.63) is 58.6 Å². The molecule has 0 bridgehead atoms. The van der Waals surface area contributed by atoms with Crippen molar-refractivity contribution in [2.75, 3.05) is 30.8 Å². The lowest BCUT2D eigenvalue weighted by atomic mass is 10.1. The maximum Gasteiger partial charge on any atom is 0.244 e. The topological polar surface area (TPSA) is 96.0 Å². The third kappa shape index (κ3) is 6.85. The number of likely N-dealkylation sites (N-methyl/N-ethyl adjacent to an activating group) is 1. The van der Waals surface area contributed by atoms with Crippen molar-refractivity contribution in [3.8, 4) is 5.75 Å². The largest absolute Gasteiger partial charge is 0.495 e. The van der Waals surface area contributed by atoms with E-state index in [1.807, 2.05) is 31.2 Å². The maximum absolute atomic E-state index is 13.5. The number of sulfonamides is 1. The summed E-state index contributed by atoms with van der Waals surface area (Å²) in [5, 5.41) is 3.01. The van der Waals surface area contributed by atoms with Gasteiger partial charge < -0.3 is 15.0 Å². The summed E-state index contributed by atoms with van der Waals surface area (Å²) < 4.78 is 31.6. The molecular formula is C23H30ClN3O5S. The van der Waals surface area contributed by atoms with Crippen molar-refractivity contribution in [1.82, 2.24) is 10.2 Å². The minimum absolute atomic E-state index is 0.141. The predicted molar refractivity (Wildman–Crippen MR) is 130 cm³/mol. The fourth-order valence-electron chi connectivity index (χ4n) is 3.33. The highest BCUT2D eigenvalue weighted by atomic mass is 35.5. The van der Waals surface area contributed by atoms with Crippen LogP contribution in [-0.4, -0.2) is 57.6 Å². The summed E-state index contributed by atoms with van der Waals surface area (Å²) >= 11 is 6.09. The van der Waals surface area contributed by atoms with E-state index in [0.29, 0.717) is 11.6 Å². The summed E-state index contributed by atoms with van der Waals surface area (Å²) in [6, 6.07) is 11.2. The van der Waals surface area contributed by atoms with Crippen LogP contribution in [0, 0.1) is 6.92 Å². The minimum Gasteiger partial charge on any atom is -0.495 e. The van der Waals surface area contributed by atoms with E-state index in [9.17, 15) is 18.0 Å². The van der Waals surface area contributed by atoms with Crippen LogP contribution < -0.4 is 14.4 Å². The number of aryl methyl sites for hydroxylation is 1. The van der Waals surface area contributed by atoms with Crippen molar-refractivity contribution in [3.63, 3.8) is 0 Å². The molecule has 2 amide bonds. The van der Waals surface area contributed by atoms with Gasteiger partial charge in [-0.05, 0) is 50.1 Å². The fourth-order valence-corrected chi connectivity index (χ4v) is 4.34. The minimum atomic E-state index is -3.89. The standard InChI is InChI=1S/C23H30ClN3O5S/c1-6-25-23(29)17(3)26(14-18-10-8-7-9-16(18)2)22(28)15-27(33(5,30)31)20-13-19(24)11-12-21(20)32-4/h7-13,17H,6,14-15H2,1-5H3,(H,25,29)/t17-/m1/s1. The second-order valence-electron chi connectivity index (χ2n) is 7.60. The molecule has 0 saturated heterocycles. The molecule has 0 fully saturated rings. The first-order chi connectivity index (χ1) is 15.5. The fraction of sp³-hybridized carbons (Fsp3) is 0.391. The molecule has 2 aromatic rings. The van der Waals surface area contributed by atoms with E-state index < -0.39 is 28.5 Å². The van der Waals surface area contributed by atoms with Gasteiger partial charge in [0.25, 0.3) is 0 Å². The first kappa shape index (κ1) is 26.5. The Balaban J connectivity index is 2.47. The first-order valence-electron chi connectivity index (χ1n) is 10.4. The first-order valence-corrected chi connectivity index (χ1v) is 12.6. The Morgan fingerprint density at radius 2 is 1.85 bits per heavy atom. The van der Waals surface area contributed by atoms with Crippen molar-refractivity contribution < 1.29 is 22.7 Å². The zero-order valence-electron chi connectivity index (χ0n) is 19.5. The van der Waals surface area contributed by atoms with E-state index in [1.54, 1.807) is 19.9 Å². The number of ether oxygens (including phenoxy) is 1. The van der Waals surface area contributed by atoms with Crippen LogP contribution in [0.4, 0.5) is 5.69 Å². The summed E-state index contributed by atoms with van der Waals surface area (Å²) in [6.07, 6.45) is 1.000. The van der Waals surface area contributed by atoms with Gasteiger partial charge in [0.15, 0.2) is 0 Å². The number of halogens is 1. The van der Waals surface area contributed by atoms with Crippen LogP contribution in [0.3, 0.4) is 0 Å². The molecule has 1 atom stereocenters. The van der Waals surface area contributed by atoms with E-state index in [1.165, 1.54) is 24.1 Å².